The topological polar surface area (TPSA) is 98.2 Å². The zero-order chi connectivity index (χ0) is 15.3. The van der Waals surface area contributed by atoms with E-state index in [1.807, 2.05) is 39.0 Å². The van der Waals surface area contributed by atoms with Gasteiger partial charge in [0.1, 0.15) is 0 Å². The fourth-order valence-electron chi connectivity index (χ4n) is 1.45. The van der Waals surface area contributed by atoms with Crippen LogP contribution >= 0.6 is 11.8 Å². The van der Waals surface area contributed by atoms with Gasteiger partial charge < -0.3 is 16.8 Å². The third kappa shape index (κ3) is 4.86. The van der Waals surface area contributed by atoms with Crippen molar-refractivity contribution >= 4 is 29.3 Å². The van der Waals surface area contributed by atoms with Gasteiger partial charge >= 0.3 is 0 Å². The second-order valence-corrected chi connectivity index (χ2v) is 6.60. The van der Waals surface area contributed by atoms with Crippen molar-refractivity contribution in [2.75, 3.05) is 11.1 Å². The van der Waals surface area contributed by atoms with Crippen molar-refractivity contribution in [3.05, 3.63) is 24.3 Å². The number of nitrogens with one attached hydrogen (secondary N) is 1. The van der Waals surface area contributed by atoms with Gasteiger partial charge in [0.05, 0.1) is 17.5 Å². The Morgan fingerprint density at radius 3 is 2.45 bits per heavy atom. The fourth-order valence-corrected chi connectivity index (χ4v) is 2.20. The number of carbonyl (C=O) groups is 2. The Morgan fingerprint density at radius 2 is 1.90 bits per heavy atom. The molecule has 6 heteroatoms. The lowest BCUT2D eigenvalue weighted by Crippen LogP contribution is -2.45. The summed E-state index contributed by atoms with van der Waals surface area (Å²) in [7, 11) is 0. The molecular formula is C14H21N3O2S. The first-order chi connectivity index (χ1) is 9.21. The monoisotopic (exact) mass is 295 g/mol. The second kappa shape index (κ2) is 6.76. The molecule has 0 fully saturated rings. The highest BCUT2D eigenvalue weighted by atomic mass is 32.2. The van der Waals surface area contributed by atoms with Gasteiger partial charge in [-0.05, 0) is 17.5 Å². The van der Waals surface area contributed by atoms with Crippen LogP contribution in [0.25, 0.3) is 0 Å². The first-order valence-electron chi connectivity index (χ1n) is 6.28. The van der Waals surface area contributed by atoms with E-state index in [4.69, 9.17) is 11.5 Å². The number of hydrogen-bond acceptors (Lipinski definition) is 4. The van der Waals surface area contributed by atoms with Crippen LogP contribution in [0.5, 0.6) is 0 Å². The molecule has 1 unspecified atom stereocenters. The van der Waals surface area contributed by atoms with E-state index in [1.165, 1.54) is 11.8 Å². The largest absolute Gasteiger partial charge is 0.369 e. The number of thioether (sulfide) groups is 1. The molecule has 5 nitrogen and oxygen atoms in total. The number of amides is 2. The first kappa shape index (κ1) is 16.5. The molecule has 0 saturated heterocycles. The van der Waals surface area contributed by atoms with Gasteiger partial charge in [-0.1, -0.05) is 32.9 Å². The number of nitrogens with two attached hydrogens (primary N) is 2. The smallest absolute Gasteiger partial charge is 0.241 e. The molecule has 0 bridgehead atoms. The first-order valence-corrected chi connectivity index (χ1v) is 7.27. The summed E-state index contributed by atoms with van der Waals surface area (Å²) in [6.45, 7) is 5.72. The average molecular weight is 295 g/mol. The maximum atomic E-state index is 12.1. The van der Waals surface area contributed by atoms with Crippen molar-refractivity contribution in [2.24, 2.45) is 16.9 Å². The lowest BCUT2D eigenvalue weighted by atomic mass is 9.87. The van der Waals surface area contributed by atoms with Crippen molar-refractivity contribution in [1.82, 2.24) is 0 Å². The number of para-hydroxylation sites is 1. The van der Waals surface area contributed by atoms with Crippen LogP contribution in [0.3, 0.4) is 0 Å². The van der Waals surface area contributed by atoms with Gasteiger partial charge in [-0.3, -0.25) is 9.59 Å². The number of benzene rings is 1. The Hall–Kier alpha value is -1.53. The number of carbonyl (C=O) groups excluding carboxylic acids is 2. The Balaban J connectivity index is 2.82. The van der Waals surface area contributed by atoms with Crippen molar-refractivity contribution in [2.45, 2.75) is 31.7 Å². The lowest BCUT2D eigenvalue weighted by Gasteiger charge is -2.26. The summed E-state index contributed by atoms with van der Waals surface area (Å²) in [5.41, 5.74) is 11.4. The number of hydrogen-bond donors (Lipinski definition) is 3. The zero-order valence-electron chi connectivity index (χ0n) is 12.0. The van der Waals surface area contributed by atoms with Crippen molar-refractivity contribution < 1.29 is 9.59 Å². The molecule has 20 heavy (non-hydrogen) atoms. The molecule has 0 spiro atoms. The Morgan fingerprint density at radius 1 is 1.30 bits per heavy atom. The molecule has 1 aromatic rings. The van der Waals surface area contributed by atoms with E-state index in [2.05, 4.69) is 5.32 Å². The van der Waals surface area contributed by atoms with E-state index in [0.29, 0.717) is 5.69 Å². The standard InChI is InChI=1S/C14H21N3O2S/c1-14(2,3)12(16)13(19)17-9-6-4-5-7-10(9)20-8-11(15)18/h4-7,12H,8,16H2,1-3H3,(H2,15,18)(H,17,19). The van der Waals surface area contributed by atoms with E-state index in [9.17, 15) is 9.59 Å². The van der Waals surface area contributed by atoms with E-state index in [-0.39, 0.29) is 17.1 Å². The molecule has 1 aromatic carbocycles. The second-order valence-electron chi connectivity index (χ2n) is 5.58. The molecule has 1 atom stereocenters. The lowest BCUT2D eigenvalue weighted by molar-refractivity contribution is -0.119. The van der Waals surface area contributed by atoms with Gasteiger partial charge in [0.25, 0.3) is 0 Å². The van der Waals surface area contributed by atoms with Gasteiger partial charge in [-0.25, -0.2) is 0 Å². The summed E-state index contributed by atoms with van der Waals surface area (Å²) in [6.07, 6.45) is 0. The Bertz CT molecular complexity index is 497. The molecular weight excluding hydrogens is 274 g/mol. The molecule has 0 heterocycles. The summed E-state index contributed by atoms with van der Waals surface area (Å²) in [5, 5.41) is 2.80. The van der Waals surface area contributed by atoms with Gasteiger partial charge in [0.2, 0.25) is 11.8 Å². The summed E-state index contributed by atoms with van der Waals surface area (Å²) in [5.74, 6) is -0.481. The minimum atomic E-state index is -0.614. The summed E-state index contributed by atoms with van der Waals surface area (Å²) in [4.78, 5) is 23.7. The third-order valence-corrected chi connectivity index (χ3v) is 3.83. The third-order valence-electron chi connectivity index (χ3n) is 2.73. The van der Waals surface area contributed by atoms with Crippen molar-refractivity contribution in [1.29, 1.82) is 0 Å². The predicted molar refractivity (Wildman–Crippen MR) is 82.4 cm³/mol. The molecule has 2 amide bonds. The number of primary amides is 1. The van der Waals surface area contributed by atoms with Crippen LogP contribution < -0.4 is 16.8 Å². The van der Waals surface area contributed by atoms with Crippen LogP contribution in [0.15, 0.2) is 29.2 Å². The molecule has 5 N–H and O–H groups in total. The Labute approximate surface area is 123 Å². The van der Waals surface area contributed by atoms with Crippen LogP contribution in [0.4, 0.5) is 5.69 Å². The molecule has 110 valence electrons. The molecule has 0 aromatic heterocycles. The summed E-state index contributed by atoms with van der Waals surface area (Å²) in [6, 6.07) is 6.63. The van der Waals surface area contributed by atoms with E-state index in [0.717, 1.165) is 4.90 Å². The van der Waals surface area contributed by atoms with Crippen LogP contribution in [0.1, 0.15) is 20.8 Å². The van der Waals surface area contributed by atoms with Crippen LogP contribution in [-0.2, 0) is 9.59 Å². The normalized spacial score (nSPS) is 12.8. The van der Waals surface area contributed by atoms with Gasteiger partial charge in [-0.15, -0.1) is 11.8 Å². The molecule has 0 radical (unpaired) electrons. The maximum Gasteiger partial charge on any atom is 0.241 e. The van der Waals surface area contributed by atoms with Crippen LogP contribution in [0, 0.1) is 5.41 Å². The molecule has 0 aliphatic heterocycles. The zero-order valence-corrected chi connectivity index (χ0v) is 12.8. The fraction of sp³-hybridized carbons (Fsp3) is 0.429. The quantitative estimate of drug-likeness (QED) is 0.718. The summed E-state index contributed by atoms with van der Waals surface area (Å²) < 4.78 is 0. The van der Waals surface area contributed by atoms with Crippen LogP contribution in [-0.4, -0.2) is 23.6 Å². The minimum absolute atomic E-state index is 0.165. The highest BCUT2D eigenvalue weighted by Crippen LogP contribution is 2.27. The van der Waals surface area contributed by atoms with Crippen LogP contribution in [0.2, 0.25) is 0 Å². The minimum Gasteiger partial charge on any atom is -0.369 e. The highest BCUT2D eigenvalue weighted by molar-refractivity contribution is 8.00. The molecule has 0 saturated carbocycles. The number of anilines is 1. The van der Waals surface area contributed by atoms with Gasteiger partial charge in [0, 0.05) is 4.90 Å². The van der Waals surface area contributed by atoms with E-state index < -0.39 is 11.9 Å². The van der Waals surface area contributed by atoms with E-state index >= 15 is 0 Å². The molecule has 0 aliphatic carbocycles. The maximum absolute atomic E-state index is 12.1. The van der Waals surface area contributed by atoms with Crippen molar-refractivity contribution in [3.63, 3.8) is 0 Å². The average Bonchev–Trinajstić information content (AvgIpc) is 2.35. The SMILES string of the molecule is CC(C)(C)C(N)C(=O)Nc1ccccc1SCC(N)=O. The number of rotatable bonds is 5. The molecule has 1 rings (SSSR count). The van der Waals surface area contributed by atoms with E-state index in [1.54, 1.807) is 6.07 Å². The highest BCUT2D eigenvalue weighted by Gasteiger charge is 2.27. The summed E-state index contributed by atoms with van der Waals surface area (Å²) >= 11 is 1.29. The Kier molecular flexibility index (Phi) is 5.59. The van der Waals surface area contributed by atoms with Crippen molar-refractivity contribution in [3.8, 4) is 0 Å². The molecule has 0 aliphatic rings. The predicted octanol–water partition coefficient (Wildman–Crippen LogP) is 1.58. The van der Waals surface area contributed by atoms with Gasteiger partial charge in [0.15, 0.2) is 0 Å². The van der Waals surface area contributed by atoms with Gasteiger partial charge in [-0.2, -0.15) is 0 Å².